The molecule has 0 aromatic heterocycles. The number of nitrogens with zero attached hydrogens (tertiary/aromatic N) is 2. The molecule has 26 heavy (non-hydrogen) atoms. The van der Waals surface area contributed by atoms with Crippen molar-refractivity contribution in [3.05, 3.63) is 69.8 Å². The van der Waals surface area contributed by atoms with E-state index in [1.807, 2.05) is 30.3 Å². The van der Waals surface area contributed by atoms with E-state index in [1.54, 1.807) is 26.3 Å². The third kappa shape index (κ3) is 6.51. The van der Waals surface area contributed by atoms with E-state index in [0.29, 0.717) is 19.0 Å². The molecule has 0 saturated carbocycles. The zero-order valence-corrected chi connectivity index (χ0v) is 17.1. The minimum atomic E-state index is -0.399. The van der Waals surface area contributed by atoms with Crippen molar-refractivity contribution in [1.29, 1.82) is 0 Å². The molecule has 0 aliphatic rings. The Morgan fingerprint density at radius 1 is 1.19 bits per heavy atom. The molecule has 8 heteroatoms. The zero-order valence-electron chi connectivity index (χ0n) is 14.8. The van der Waals surface area contributed by atoms with E-state index in [2.05, 4.69) is 15.6 Å². The highest BCUT2D eigenvalue weighted by atomic mass is 127. The number of guanidine groups is 1. The fourth-order valence-corrected chi connectivity index (χ4v) is 2.41. The van der Waals surface area contributed by atoms with Gasteiger partial charge in [0.25, 0.3) is 5.69 Å². The van der Waals surface area contributed by atoms with Crippen LogP contribution in [0.5, 0.6) is 5.75 Å². The number of halogens is 1. The molecule has 0 amide bonds. The van der Waals surface area contributed by atoms with Crippen LogP contribution in [0.25, 0.3) is 0 Å². The third-order valence-corrected chi connectivity index (χ3v) is 3.68. The summed E-state index contributed by atoms with van der Waals surface area (Å²) >= 11 is 0. The summed E-state index contributed by atoms with van der Waals surface area (Å²) < 4.78 is 5.34. The highest BCUT2D eigenvalue weighted by Crippen LogP contribution is 2.17. The van der Waals surface area contributed by atoms with Gasteiger partial charge < -0.3 is 15.4 Å². The number of non-ortho nitro benzene ring substituents is 1. The van der Waals surface area contributed by atoms with Gasteiger partial charge in [-0.25, -0.2) is 0 Å². The molecule has 0 unspecified atom stereocenters. The van der Waals surface area contributed by atoms with Gasteiger partial charge in [0.05, 0.1) is 12.0 Å². The largest absolute Gasteiger partial charge is 0.496 e. The monoisotopic (exact) mass is 470 g/mol. The van der Waals surface area contributed by atoms with Crippen LogP contribution in [-0.2, 0) is 13.0 Å². The van der Waals surface area contributed by atoms with Crippen molar-refractivity contribution in [2.45, 2.75) is 13.0 Å². The molecule has 2 aromatic rings. The van der Waals surface area contributed by atoms with Crippen molar-refractivity contribution in [3.63, 3.8) is 0 Å². The molecule has 0 atom stereocenters. The van der Waals surface area contributed by atoms with Crippen LogP contribution in [-0.4, -0.2) is 31.6 Å². The summed E-state index contributed by atoms with van der Waals surface area (Å²) in [5, 5.41) is 17.2. The molecule has 0 fully saturated rings. The maximum atomic E-state index is 10.8. The van der Waals surface area contributed by atoms with Crippen molar-refractivity contribution < 1.29 is 9.66 Å². The molecular formula is C18H23IN4O3. The Balaban J connectivity index is 0.00000338. The van der Waals surface area contributed by atoms with Gasteiger partial charge in [-0.15, -0.1) is 24.0 Å². The first kappa shape index (κ1) is 21.7. The van der Waals surface area contributed by atoms with Crippen molar-refractivity contribution in [1.82, 2.24) is 10.6 Å². The average Bonchev–Trinajstić information content (AvgIpc) is 2.65. The van der Waals surface area contributed by atoms with Gasteiger partial charge >= 0.3 is 0 Å². The van der Waals surface area contributed by atoms with Crippen LogP contribution in [0, 0.1) is 10.1 Å². The van der Waals surface area contributed by atoms with Crippen LogP contribution >= 0.6 is 24.0 Å². The molecular weight excluding hydrogens is 447 g/mol. The average molecular weight is 470 g/mol. The molecule has 2 N–H and O–H groups in total. The number of nitro groups is 1. The van der Waals surface area contributed by atoms with Crippen molar-refractivity contribution in [3.8, 4) is 5.75 Å². The summed E-state index contributed by atoms with van der Waals surface area (Å²) in [5.74, 6) is 1.50. The van der Waals surface area contributed by atoms with Crippen LogP contribution < -0.4 is 15.4 Å². The second kappa shape index (κ2) is 11.3. The number of benzene rings is 2. The van der Waals surface area contributed by atoms with Crippen LogP contribution in [0.3, 0.4) is 0 Å². The minimum Gasteiger partial charge on any atom is -0.496 e. The van der Waals surface area contributed by atoms with Crippen LogP contribution in [0.4, 0.5) is 5.69 Å². The van der Waals surface area contributed by atoms with Gasteiger partial charge in [-0.05, 0) is 23.6 Å². The number of rotatable bonds is 7. The smallest absolute Gasteiger partial charge is 0.269 e. The van der Waals surface area contributed by atoms with Crippen molar-refractivity contribution >= 4 is 35.6 Å². The Bertz CT molecular complexity index is 753. The van der Waals surface area contributed by atoms with E-state index in [9.17, 15) is 10.1 Å². The predicted octanol–water partition coefficient (Wildman–Crippen LogP) is 3.13. The summed E-state index contributed by atoms with van der Waals surface area (Å²) in [6.07, 6.45) is 0.793. The second-order valence-electron chi connectivity index (χ2n) is 5.34. The Morgan fingerprint density at radius 2 is 1.96 bits per heavy atom. The maximum absolute atomic E-state index is 10.8. The second-order valence-corrected chi connectivity index (χ2v) is 5.34. The summed E-state index contributed by atoms with van der Waals surface area (Å²) in [4.78, 5) is 14.6. The number of ether oxygens (including phenoxy) is 1. The molecule has 2 aromatic carbocycles. The quantitative estimate of drug-likeness (QED) is 0.214. The Kier molecular flexibility index (Phi) is 9.42. The van der Waals surface area contributed by atoms with E-state index in [4.69, 9.17) is 4.74 Å². The Labute approximate surface area is 170 Å². The lowest BCUT2D eigenvalue weighted by Gasteiger charge is -2.13. The molecule has 0 spiro atoms. The van der Waals surface area contributed by atoms with Gasteiger partial charge in [-0.2, -0.15) is 0 Å². The number of methoxy groups -OCH3 is 1. The van der Waals surface area contributed by atoms with Gasteiger partial charge in [-0.3, -0.25) is 15.1 Å². The number of aliphatic imine (C=N–C) groups is 1. The Hall–Kier alpha value is -2.36. The van der Waals surface area contributed by atoms with E-state index in [0.717, 1.165) is 23.3 Å². The fourth-order valence-electron chi connectivity index (χ4n) is 2.41. The molecule has 0 aliphatic carbocycles. The van der Waals surface area contributed by atoms with Gasteiger partial charge in [-0.1, -0.05) is 30.3 Å². The fraction of sp³-hybridized carbons (Fsp3) is 0.278. The van der Waals surface area contributed by atoms with Crippen LogP contribution in [0.1, 0.15) is 11.1 Å². The van der Waals surface area contributed by atoms with Crippen LogP contribution in [0.15, 0.2) is 53.5 Å². The van der Waals surface area contributed by atoms with Crippen LogP contribution in [0.2, 0.25) is 0 Å². The van der Waals surface area contributed by atoms with Gasteiger partial charge in [0, 0.05) is 32.3 Å². The molecule has 2 rings (SSSR count). The maximum Gasteiger partial charge on any atom is 0.269 e. The molecule has 7 nitrogen and oxygen atoms in total. The third-order valence-electron chi connectivity index (χ3n) is 3.68. The first-order valence-electron chi connectivity index (χ1n) is 7.93. The minimum absolute atomic E-state index is 0. The highest BCUT2D eigenvalue weighted by Gasteiger charge is 2.06. The molecule has 0 heterocycles. The molecule has 0 bridgehead atoms. The summed E-state index contributed by atoms with van der Waals surface area (Å²) in [6.45, 7) is 1.14. The van der Waals surface area contributed by atoms with Gasteiger partial charge in [0.1, 0.15) is 5.75 Å². The standard InChI is InChI=1S/C18H22N4O3.HI/c1-19-18(20-11-10-15-7-3-4-9-17(15)25-2)21-13-14-6-5-8-16(12-14)22(23)24;/h3-9,12H,10-11,13H2,1-2H3,(H2,19,20,21);1H. The van der Waals surface area contributed by atoms with Gasteiger partial charge in [0.15, 0.2) is 5.96 Å². The molecule has 140 valence electrons. The van der Waals surface area contributed by atoms with Crippen molar-refractivity contribution in [2.24, 2.45) is 4.99 Å². The van der Waals surface area contributed by atoms with E-state index >= 15 is 0 Å². The Morgan fingerprint density at radius 3 is 2.65 bits per heavy atom. The first-order chi connectivity index (χ1) is 12.1. The van der Waals surface area contributed by atoms with E-state index in [1.165, 1.54) is 6.07 Å². The normalized spacial score (nSPS) is 10.6. The molecule has 0 saturated heterocycles. The zero-order chi connectivity index (χ0) is 18.1. The molecule has 0 radical (unpaired) electrons. The summed E-state index contributed by atoms with van der Waals surface area (Å²) in [6, 6.07) is 14.4. The topological polar surface area (TPSA) is 88.8 Å². The first-order valence-corrected chi connectivity index (χ1v) is 7.93. The number of nitro benzene ring substituents is 1. The number of nitrogens with one attached hydrogen (secondary N) is 2. The number of hydrogen-bond acceptors (Lipinski definition) is 4. The summed E-state index contributed by atoms with van der Waals surface area (Å²) in [5.41, 5.74) is 2.02. The number of para-hydroxylation sites is 1. The molecule has 0 aliphatic heterocycles. The van der Waals surface area contributed by atoms with Gasteiger partial charge in [0.2, 0.25) is 0 Å². The lowest BCUT2D eigenvalue weighted by atomic mass is 10.1. The highest BCUT2D eigenvalue weighted by molar-refractivity contribution is 14.0. The van der Waals surface area contributed by atoms with E-state index in [-0.39, 0.29) is 29.7 Å². The van der Waals surface area contributed by atoms with Crippen molar-refractivity contribution in [2.75, 3.05) is 20.7 Å². The SMILES string of the molecule is CN=C(NCCc1ccccc1OC)NCc1cccc([N+](=O)[O-])c1.I. The van der Waals surface area contributed by atoms with E-state index < -0.39 is 4.92 Å². The summed E-state index contributed by atoms with van der Waals surface area (Å²) in [7, 11) is 3.34. The number of hydrogen-bond donors (Lipinski definition) is 2. The lowest BCUT2D eigenvalue weighted by molar-refractivity contribution is -0.384. The lowest BCUT2D eigenvalue weighted by Crippen LogP contribution is -2.37. The predicted molar refractivity (Wildman–Crippen MR) is 113 cm³/mol.